The van der Waals surface area contributed by atoms with E-state index < -0.39 is 20.0 Å². The molecule has 0 radical (unpaired) electrons. The molecule has 0 aromatic heterocycles. The lowest BCUT2D eigenvalue weighted by atomic mass is 10.2. The van der Waals surface area contributed by atoms with Gasteiger partial charge in [0, 0.05) is 22.9 Å². The van der Waals surface area contributed by atoms with Gasteiger partial charge in [0.1, 0.15) is 0 Å². The highest BCUT2D eigenvalue weighted by atomic mass is 32.2. The number of primary sulfonamides is 1. The van der Waals surface area contributed by atoms with E-state index in [-0.39, 0.29) is 16.3 Å². The number of para-hydroxylation sites is 2. The number of anilines is 2. The monoisotopic (exact) mass is 475 g/mol. The molecule has 3 aromatic carbocycles. The van der Waals surface area contributed by atoms with Crippen molar-refractivity contribution in [2.75, 3.05) is 18.0 Å². The number of benzene rings is 3. The molecule has 0 bridgehead atoms. The Kier molecular flexibility index (Phi) is 6.09. The molecule has 0 atom stereocenters. The van der Waals surface area contributed by atoms with Crippen molar-refractivity contribution in [2.24, 2.45) is 5.14 Å². The van der Waals surface area contributed by atoms with Crippen LogP contribution in [0.2, 0.25) is 0 Å². The molecule has 0 amide bonds. The van der Waals surface area contributed by atoms with E-state index in [9.17, 15) is 16.8 Å². The zero-order valence-electron chi connectivity index (χ0n) is 16.4. The van der Waals surface area contributed by atoms with E-state index in [0.717, 1.165) is 21.2 Å². The SMILES string of the molecule is NS(=O)(=O)c1ccc(S(=O)(=O)NCCCN2c3ccccc3Sc3ccccc32)cc1. The molecular weight excluding hydrogens is 454 g/mol. The molecule has 3 aromatic rings. The molecule has 10 heteroatoms. The molecule has 1 aliphatic heterocycles. The van der Waals surface area contributed by atoms with Crippen LogP contribution in [0.1, 0.15) is 6.42 Å². The van der Waals surface area contributed by atoms with Gasteiger partial charge in [0.2, 0.25) is 20.0 Å². The maximum absolute atomic E-state index is 12.5. The van der Waals surface area contributed by atoms with Crippen LogP contribution in [-0.2, 0) is 20.0 Å². The number of nitrogens with two attached hydrogens (primary N) is 1. The van der Waals surface area contributed by atoms with Crippen LogP contribution >= 0.6 is 11.8 Å². The van der Waals surface area contributed by atoms with E-state index in [1.54, 1.807) is 11.8 Å². The lowest BCUT2D eigenvalue weighted by Gasteiger charge is -2.32. The smallest absolute Gasteiger partial charge is 0.240 e. The number of nitrogens with one attached hydrogen (secondary N) is 1. The van der Waals surface area contributed by atoms with Gasteiger partial charge in [-0.15, -0.1) is 0 Å². The molecule has 0 spiro atoms. The molecule has 4 rings (SSSR count). The van der Waals surface area contributed by atoms with Gasteiger partial charge >= 0.3 is 0 Å². The van der Waals surface area contributed by atoms with Crippen molar-refractivity contribution in [1.29, 1.82) is 0 Å². The molecule has 1 heterocycles. The summed E-state index contributed by atoms with van der Waals surface area (Å²) in [4.78, 5) is 4.39. The van der Waals surface area contributed by atoms with E-state index in [2.05, 4.69) is 33.9 Å². The second-order valence-corrected chi connectivity index (χ2v) is 11.4. The van der Waals surface area contributed by atoms with Crippen LogP contribution in [0.5, 0.6) is 0 Å². The number of rotatable bonds is 7. The minimum atomic E-state index is -3.87. The molecule has 0 aliphatic carbocycles. The molecule has 0 fully saturated rings. The number of sulfonamides is 2. The summed E-state index contributed by atoms with van der Waals surface area (Å²) in [6.45, 7) is 0.884. The van der Waals surface area contributed by atoms with Gasteiger partial charge in [-0.1, -0.05) is 36.0 Å². The number of hydrogen-bond donors (Lipinski definition) is 2. The van der Waals surface area contributed by atoms with Gasteiger partial charge < -0.3 is 4.90 Å². The molecule has 7 nitrogen and oxygen atoms in total. The van der Waals surface area contributed by atoms with Crippen LogP contribution in [0, 0.1) is 0 Å². The first-order chi connectivity index (χ1) is 14.8. The Morgan fingerprint density at radius 3 is 1.84 bits per heavy atom. The van der Waals surface area contributed by atoms with Gasteiger partial charge in [-0.25, -0.2) is 26.7 Å². The lowest BCUT2D eigenvalue weighted by molar-refractivity contribution is 0.578. The number of hydrogen-bond acceptors (Lipinski definition) is 6. The fraction of sp³-hybridized carbons (Fsp3) is 0.143. The molecule has 3 N–H and O–H groups in total. The van der Waals surface area contributed by atoms with Crippen LogP contribution in [0.3, 0.4) is 0 Å². The molecule has 1 aliphatic rings. The fourth-order valence-electron chi connectivity index (χ4n) is 3.36. The zero-order valence-corrected chi connectivity index (χ0v) is 18.9. The van der Waals surface area contributed by atoms with E-state index in [1.165, 1.54) is 24.3 Å². The molecule has 0 saturated carbocycles. The maximum Gasteiger partial charge on any atom is 0.240 e. The van der Waals surface area contributed by atoms with Gasteiger partial charge in [0.25, 0.3) is 0 Å². The van der Waals surface area contributed by atoms with Crippen molar-refractivity contribution in [3.05, 3.63) is 72.8 Å². The Morgan fingerprint density at radius 1 is 0.774 bits per heavy atom. The molecule has 0 saturated heterocycles. The quantitative estimate of drug-likeness (QED) is 0.508. The first-order valence-corrected chi connectivity index (χ1v) is 13.4. The Labute approximate surface area is 186 Å². The van der Waals surface area contributed by atoms with E-state index >= 15 is 0 Å². The van der Waals surface area contributed by atoms with E-state index in [4.69, 9.17) is 5.14 Å². The Bertz CT molecular complexity index is 1260. The lowest BCUT2D eigenvalue weighted by Crippen LogP contribution is -2.29. The highest BCUT2D eigenvalue weighted by molar-refractivity contribution is 7.99. The minimum absolute atomic E-state index is 0.00929. The maximum atomic E-state index is 12.5. The summed E-state index contributed by atoms with van der Waals surface area (Å²) in [6.07, 6.45) is 0.585. The van der Waals surface area contributed by atoms with Crippen LogP contribution in [-0.4, -0.2) is 29.9 Å². The van der Waals surface area contributed by atoms with Crippen molar-refractivity contribution < 1.29 is 16.8 Å². The van der Waals surface area contributed by atoms with Gasteiger partial charge in [-0.2, -0.15) is 0 Å². The first-order valence-electron chi connectivity index (χ1n) is 9.52. The third-order valence-electron chi connectivity index (χ3n) is 4.85. The van der Waals surface area contributed by atoms with Crippen molar-refractivity contribution in [2.45, 2.75) is 26.0 Å². The zero-order chi connectivity index (χ0) is 22.1. The topological polar surface area (TPSA) is 110 Å². The highest BCUT2D eigenvalue weighted by Crippen LogP contribution is 2.47. The van der Waals surface area contributed by atoms with Crippen LogP contribution < -0.4 is 14.8 Å². The largest absolute Gasteiger partial charge is 0.340 e. The normalized spacial score (nSPS) is 13.5. The predicted octanol–water partition coefficient (Wildman–Crippen LogP) is 3.31. The van der Waals surface area contributed by atoms with Gasteiger partial charge in [0.15, 0.2) is 0 Å². The summed E-state index contributed by atoms with van der Waals surface area (Å²) < 4.78 is 50.3. The molecule has 0 unspecified atom stereocenters. The minimum Gasteiger partial charge on any atom is -0.340 e. The Hall–Kier alpha value is -2.37. The van der Waals surface area contributed by atoms with Crippen LogP contribution in [0.15, 0.2) is 92.4 Å². The summed E-state index contributed by atoms with van der Waals surface area (Å²) in [6, 6.07) is 21.1. The Balaban J connectivity index is 1.43. The number of fused-ring (bicyclic) bond motifs is 2. The van der Waals surface area contributed by atoms with Gasteiger partial charge in [0.05, 0.1) is 21.2 Å². The van der Waals surface area contributed by atoms with E-state index in [1.807, 2.05) is 24.3 Å². The fourth-order valence-corrected chi connectivity index (χ4v) is 6.04. The summed E-state index contributed by atoms with van der Waals surface area (Å²) in [7, 11) is -7.62. The third-order valence-corrected chi connectivity index (χ3v) is 8.38. The Morgan fingerprint density at radius 2 is 1.29 bits per heavy atom. The van der Waals surface area contributed by atoms with Crippen molar-refractivity contribution >= 4 is 43.2 Å². The second kappa shape index (κ2) is 8.64. The highest BCUT2D eigenvalue weighted by Gasteiger charge is 2.22. The third kappa shape index (κ3) is 4.78. The van der Waals surface area contributed by atoms with Crippen molar-refractivity contribution in [3.63, 3.8) is 0 Å². The summed E-state index contributed by atoms with van der Waals surface area (Å²) in [5, 5.41) is 5.05. The molecule has 31 heavy (non-hydrogen) atoms. The van der Waals surface area contributed by atoms with Crippen molar-refractivity contribution in [3.8, 4) is 0 Å². The van der Waals surface area contributed by atoms with Crippen LogP contribution in [0.25, 0.3) is 0 Å². The average molecular weight is 476 g/mol. The first kappa shape index (κ1) is 21.8. The average Bonchev–Trinajstić information content (AvgIpc) is 2.75. The summed E-state index contributed by atoms with van der Waals surface area (Å²) >= 11 is 1.72. The van der Waals surface area contributed by atoms with Gasteiger partial charge in [-0.05, 0) is 55.0 Å². The number of nitrogens with zero attached hydrogens (tertiary/aromatic N) is 1. The molecule has 162 valence electrons. The standard InChI is InChI=1S/C21H21N3O4S3/c22-30(25,26)16-10-12-17(13-11-16)31(27,28)23-14-5-15-24-18-6-1-3-8-20(18)29-21-9-4-2-7-19(21)24/h1-4,6-13,23H,5,14-15H2,(H2,22,25,26). The summed E-state index contributed by atoms with van der Waals surface area (Å²) in [5.41, 5.74) is 2.21. The summed E-state index contributed by atoms with van der Waals surface area (Å²) in [5.74, 6) is 0. The van der Waals surface area contributed by atoms with Crippen LogP contribution in [0.4, 0.5) is 11.4 Å². The van der Waals surface area contributed by atoms with Gasteiger partial charge in [-0.3, -0.25) is 0 Å². The second-order valence-electron chi connectivity index (χ2n) is 6.96. The molecular formula is C21H21N3O4S3. The predicted molar refractivity (Wildman–Crippen MR) is 122 cm³/mol. The van der Waals surface area contributed by atoms with E-state index in [0.29, 0.717) is 13.0 Å². The van der Waals surface area contributed by atoms with Crippen molar-refractivity contribution in [1.82, 2.24) is 4.72 Å².